The lowest BCUT2D eigenvalue weighted by atomic mass is 10.0. The Bertz CT molecular complexity index is 620. The summed E-state index contributed by atoms with van der Waals surface area (Å²) in [5.41, 5.74) is 0.690. The fourth-order valence-corrected chi connectivity index (χ4v) is 2.01. The number of amides is 1. The molecule has 0 unspecified atom stereocenters. The predicted octanol–water partition coefficient (Wildman–Crippen LogP) is 2.36. The van der Waals surface area contributed by atoms with E-state index in [9.17, 15) is 9.90 Å². The fourth-order valence-electron chi connectivity index (χ4n) is 2.01. The molecular weight excluding hydrogens is 254 g/mol. The second kappa shape index (κ2) is 5.92. The third-order valence-corrected chi connectivity index (χ3v) is 3.20. The molecule has 20 heavy (non-hydrogen) atoms. The average Bonchev–Trinajstić information content (AvgIpc) is 2.43. The monoisotopic (exact) mass is 273 g/mol. The first kappa shape index (κ1) is 14.3. The van der Waals surface area contributed by atoms with E-state index in [4.69, 9.17) is 4.74 Å². The molecular formula is C16H19NO3. The Morgan fingerprint density at radius 3 is 2.60 bits per heavy atom. The van der Waals surface area contributed by atoms with Crippen LogP contribution in [0, 0.1) is 0 Å². The van der Waals surface area contributed by atoms with Crippen molar-refractivity contribution >= 4 is 16.7 Å². The Labute approximate surface area is 118 Å². The predicted molar refractivity (Wildman–Crippen MR) is 78.8 cm³/mol. The Kier molecular flexibility index (Phi) is 4.25. The molecule has 106 valence electrons. The van der Waals surface area contributed by atoms with Crippen LogP contribution in [-0.2, 0) is 4.79 Å². The number of rotatable bonds is 4. The molecule has 0 aromatic heterocycles. The molecule has 2 aromatic carbocycles. The number of hydrogen-bond donors (Lipinski definition) is 1. The van der Waals surface area contributed by atoms with E-state index in [0.29, 0.717) is 11.3 Å². The summed E-state index contributed by atoms with van der Waals surface area (Å²) in [7, 11) is 3.37. The van der Waals surface area contributed by atoms with Crippen LogP contribution < -0.4 is 4.74 Å². The molecule has 1 atom stereocenters. The van der Waals surface area contributed by atoms with Gasteiger partial charge in [-0.25, -0.2) is 0 Å². The summed E-state index contributed by atoms with van der Waals surface area (Å²) in [6, 6.07) is 11.5. The number of aliphatic hydroxyl groups is 1. The summed E-state index contributed by atoms with van der Waals surface area (Å²) in [6.45, 7) is 1.64. The van der Waals surface area contributed by atoms with Crippen molar-refractivity contribution in [3.8, 4) is 5.75 Å². The van der Waals surface area contributed by atoms with Gasteiger partial charge in [-0.1, -0.05) is 36.4 Å². The first-order valence-corrected chi connectivity index (χ1v) is 6.53. The van der Waals surface area contributed by atoms with E-state index in [0.717, 1.165) is 10.8 Å². The van der Waals surface area contributed by atoms with E-state index >= 15 is 0 Å². The summed E-state index contributed by atoms with van der Waals surface area (Å²) < 4.78 is 5.68. The molecule has 1 N–H and O–H groups in total. The molecule has 0 bridgehead atoms. The van der Waals surface area contributed by atoms with Gasteiger partial charge in [0.2, 0.25) is 0 Å². The molecule has 0 saturated heterocycles. The normalized spacial score (nSPS) is 12.2. The van der Waals surface area contributed by atoms with Crippen LogP contribution in [0.15, 0.2) is 36.4 Å². The van der Waals surface area contributed by atoms with E-state index in [1.807, 2.05) is 36.4 Å². The van der Waals surface area contributed by atoms with Crippen LogP contribution in [0.2, 0.25) is 0 Å². The molecule has 1 amide bonds. The number of fused-ring (bicyclic) bond motifs is 1. The molecule has 0 aliphatic heterocycles. The number of ether oxygens (including phenoxy) is 1. The molecule has 0 fully saturated rings. The van der Waals surface area contributed by atoms with Gasteiger partial charge < -0.3 is 14.7 Å². The maximum atomic E-state index is 11.7. The summed E-state index contributed by atoms with van der Waals surface area (Å²) in [4.78, 5) is 13.2. The van der Waals surface area contributed by atoms with Gasteiger partial charge in [0.15, 0.2) is 6.61 Å². The van der Waals surface area contributed by atoms with Crippen LogP contribution in [0.25, 0.3) is 10.8 Å². The van der Waals surface area contributed by atoms with Crippen molar-refractivity contribution in [3.63, 3.8) is 0 Å². The SMILES string of the molecule is C[C@@H](O)c1ccc2ccccc2c1OCC(=O)N(C)C. The van der Waals surface area contributed by atoms with Crippen molar-refractivity contribution in [3.05, 3.63) is 42.0 Å². The van der Waals surface area contributed by atoms with Crippen LogP contribution in [0.1, 0.15) is 18.6 Å². The van der Waals surface area contributed by atoms with E-state index < -0.39 is 6.10 Å². The minimum atomic E-state index is -0.649. The van der Waals surface area contributed by atoms with Gasteiger partial charge >= 0.3 is 0 Å². The second-order valence-electron chi connectivity index (χ2n) is 4.96. The van der Waals surface area contributed by atoms with Gasteiger partial charge in [-0.2, -0.15) is 0 Å². The lowest BCUT2D eigenvalue weighted by Crippen LogP contribution is -2.27. The quantitative estimate of drug-likeness (QED) is 0.930. The van der Waals surface area contributed by atoms with Gasteiger partial charge in [0.25, 0.3) is 5.91 Å². The standard InChI is InChI=1S/C16H19NO3/c1-11(18)13-9-8-12-6-4-5-7-14(12)16(13)20-10-15(19)17(2)3/h4-9,11,18H,10H2,1-3H3/t11-/m1/s1. The molecule has 0 spiro atoms. The van der Waals surface area contributed by atoms with Crippen molar-refractivity contribution in [2.75, 3.05) is 20.7 Å². The Morgan fingerprint density at radius 2 is 1.95 bits per heavy atom. The smallest absolute Gasteiger partial charge is 0.259 e. The molecule has 4 heteroatoms. The number of aliphatic hydroxyl groups excluding tert-OH is 1. The molecule has 0 saturated carbocycles. The number of carbonyl (C=O) groups is 1. The second-order valence-corrected chi connectivity index (χ2v) is 4.96. The zero-order valence-electron chi connectivity index (χ0n) is 12.0. The van der Waals surface area contributed by atoms with Crippen LogP contribution >= 0.6 is 0 Å². The molecule has 2 aromatic rings. The van der Waals surface area contributed by atoms with E-state index in [1.54, 1.807) is 21.0 Å². The molecule has 0 radical (unpaired) electrons. The van der Waals surface area contributed by atoms with Gasteiger partial charge in [-0.05, 0) is 12.3 Å². The average molecular weight is 273 g/mol. The number of nitrogens with zero attached hydrogens (tertiary/aromatic N) is 1. The molecule has 0 aliphatic carbocycles. The largest absolute Gasteiger partial charge is 0.483 e. The summed E-state index contributed by atoms with van der Waals surface area (Å²) in [6.07, 6.45) is -0.649. The maximum Gasteiger partial charge on any atom is 0.259 e. The highest BCUT2D eigenvalue weighted by molar-refractivity contribution is 5.90. The lowest BCUT2D eigenvalue weighted by Gasteiger charge is -2.17. The van der Waals surface area contributed by atoms with Crippen molar-refractivity contribution in [1.29, 1.82) is 0 Å². The van der Waals surface area contributed by atoms with Crippen molar-refractivity contribution in [2.24, 2.45) is 0 Å². The Morgan fingerprint density at radius 1 is 1.25 bits per heavy atom. The molecule has 4 nitrogen and oxygen atoms in total. The van der Waals surface area contributed by atoms with Crippen LogP contribution in [0.5, 0.6) is 5.75 Å². The van der Waals surface area contributed by atoms with Gasteiger partial charge in [0.1, 0.15) is 5.75 Å². The van der Waals surface area contributed by atoms with Crippen molar-refractivity contribution in [2.45, 2.75) is 13.0 Å². The van der Waals surface area contributed by atoms with Gasteiger partial charge in [-0.3, -0.25) is 4.79 Å². The summed E-state index contributed by atoms with van der Waals surface area (Å²) in [5, 5.41) is 11.8. The lowest BCUT2D eigenvalue weighted by molar-refractivity contribution is -0.130. The zero-order chi connectivity index (χ0) is 14.7. The summed E-state index contributed by atoms with van der Waals surface area (Å²) in [5.74, 6) is 0.461. The number of likely N-dealkylation sites (N-methyl/N-ethyl adjacent to an activating group) is 1. The topological polar surface area (TPSA) is 49.8 Å². The highest BCUT2D eigenvalue weighted by atomic mass is 16.5. The molecule has 0 aliphatic rings. The first-order chi connectivity index (χ1) is 9.50. The van der Waals surface area contributed by atoms with Crippen molar-refractivity contribution < 1.29 is 14.6 Å². The van der Waals surface area contributed by atoms with E-state index in [-0.39, 0.29) is 12.5 Å². The van der Waals surface area contributed by atoms with Crippen LogP contribution in [0.4, 0.5) is 0 Å². The molecule has 2 rings (SSSR count). The Balaban J connectivity index is 2.42. The van der Waals surface area contributed by atoms with Crippen LogP contribution in [-0.4, -0.2) is 36.6 Å². The first-order valence-electron chi connectivity index (χ1n) is 6.53. The minimum absolute atomic E-state index is 0.0409. The van der Waals surface area contributed by atoms with Crippen molar-refractivity contribution in [1.82, 2.24) is 4.90 Å². The number of benzene rings is 2. The van der Waals surface area contributed by atoms with E-state index in [1.165, 1.54) is 4.90 Å². The minimum Gasteiger partial charge on any atom is -0.483 e. The zero-order valence-corrected chi connectivity index (χ0v) is 12.0. The van der Waals surface area contributed by atoms with Gasteiger partial charge in [-0.15, -0.1) is 0 Å². The van der Waals surface area contributed by atoms with Gasteiger partial charge in [0.05, 0.1) is 6.10 Å². The number of carbonyl (C=O) groups excluding carboxylic acids is 1. The highest BCUT2D eigenvalue weighted by Gasteiger charge is 2.14. The maximum absolute atomic E-state index is 11.7. The third kappa shape index (κ3) is 2.91. The Hall–Kier alpha value is -2.07. The third-order valence-electron chi connectivity index (χ3n) is 3.20. The highest BCUT2D eigenvalue weighted by Crippen LogP contribution is 2.33. The number of hydrogen-bond acceptors (Lipinski definition) is 3. The van der Waals surface area contributed by atoms with Crippen LogP contribution in [0.3, 0.4) is 0 Å². The molecule has 0 heterocycles. The van der Waals surface area contributed by atoms with Gasteiger partial charge in [0, 0.05) is 25.0 Å². The van der Waals surface area contributed by atoms with E-state index in [2.05, 4.69) is 0 Å². The fraction of sp³-hybridized carbons (Fsp3) is 0.312. The summed E-state index contributed by atoms with van der Waals surface area (Å²) >= 11 is 0.